The number of hydrogen-bond donors (Lipinski definition) is 1. The lowest BCUT2D eigenvalue weighted by atomic mass is 10.1. The van der Waals surface area contributed by atoms with Crippen molar-refractivity contribution in [3.63, 3.8) is 0 Å². The highest BCUT2D eigenvalue weighted by molar-refractivity contribution is 6.18. The van der Waals surface area contributed by atoms with Gasteiger partial charge in [-0.3, -0.25) is 4.79 Å². The summed E-state index contributed by atoms with van der Waals surface area (Å²) in [7, 11) is 0. The molecule has 2 rings (SSSR count). The number of halogens is 1. The SMILES string of the molecule is Cc1ccc(C(=O)NC(CCl)Cc2ccccc2)o1. The van der Waals surface area contributed by atoms with Crippen molar-refractivity contribution in [1.82, 2.24) is 5.32 Å². The van der Waals surface area contributed by atoms with Gasteiger partial charge >= 0.3 is 0 Å². The first-order chi connectivity index (χ1) is 9.19. The van der Waals surface area contributed by atoms with E-state index in [-0.39, 0.29) is 11.9 Å². The van der Waals surface area contributed by atoms with E-state index in [4.69, 9.17) is 16.0 Å². The fourth-order valence-electron chi connectivity index (χ4n) is 1.86. The highest BCUT2D eigenvalue weighted by Crippen LogP contribution is 2.08. The molecule has 1 atom stereocenters. The Bertz CT molecular complexity index is 536. The van der Waals surface area contributed by atoms with Crippen LogP contribution in [0.4, 0.5) is 0 Å². The molecule has 0 saturated heterocycles. The number of alkyl halides is 1. The maximum Gasteiger partial charge on any atom is 0.287 e. The summed E-state index contributed by atoms with van der Waals surface area (Å²) in [5, 5.41) is 2.88. The highest BCUT2D eigenvalue weighted by Gasteiger charge is 2.15. The van der Waals surface area contributed by atoms with Gasteiger partial charge in [0.1, 0.15) is 5.76 Å². The van der Waals surface area contributed by atoms with E-state index in [0.29, 0.717) is 18.1 Å². The zero-order chi connectivity index (χ0) is 13.7. The Morgan fingerprint density at radius 1 is 1.26 bits per heavy atom. The molecule has 2 aromatic rings. The minimum atomic E-state index is -0.227. The van der Waals surface area contributed by atoms with Crippen LogP contribution in [0.1, 0.15) is 21.9 Å². The summed E-state index contributed by atoms with van der Waals surface area (Å²) in [5.74, 6) is 1.17. The highest BCUT2D eigenvalue weighted by atomic mass is 35.5. The van der Waals surface area contributed by atoms with Crippen molar-refractivity contribution in [2.24, 2.45) is 0 Å². The van der Waals surface area contributed by atoms with E-state index in [1.807, 2.05) is 30.3 Å². The third-order valence-electron chi connectivity index (χ3n) is 2.81. The van der Waals surface area contributed by atoms with Crippen molar-refractivity contribution < 1.29 is 9.21 Å². The average molecular weight is 278 g/mol. The molecule has 0 aliphatic heterocycles. The molecule has 3 nitrogen and oxygen atoms in total. The number of rotatable bonds is 5. The molecule has 1 aromatic carbocycles. The second kappa shape index (κ2) is 6.43. The molecular weight excluding hydrogens is 262 g/mol. The van der Waals surface area contributed by atoms with E-state index in [1.165, 1.54) is 0 Å². The molecule has 4 heteroatoms. The second-order valence-electron chi connectivity index (χ2n) is 4.42. The molecule has 0 radical (unpaired) electrons. The fourth-order valence-corrected chi connectivity index (χ4v) is 2.04. The van der Waals surface area contributed by atoms with Gasteiger partial charge in [0.05, 0.1) is 0 Å². The van der Waals surface area contributed by atoms with Gasteiger partial charge in [-0.2, -0.15) is 0 Å². The lowest BCUT2D eigenvalue weighted by Crippen LogP contribution is -2.37. The van der Waals surface area contributed by atoms with E-state index in [2.05, 4.69) is 5.32 Å². The third kappa shape index (κ3) is 3.86. The van der Waals surface area contributed by atoms with E-state index < -0.39 is 0 Å². The normalized spacial score (nSPS) is 12.1. The van der Waals surface area contributed by atoms with Crippen molar-refractivity contribution in [1.29, 1.82) is 0 Å². The van der Waals surface area contributed by atoms with Gasteiger partial charge in [0.15, 0.2) is 5.76 Å². The lowest BCUT2D eigenvalue weighted by molar-refractivity contribution is 0.0911. The summed E-state index contributed by atoms with van der Waals surface area (Å²) in [5.41, 5.74) is 1.14. The fraction of sp³-hybridized carbons (Fsp3) is 0.267. The molecule has 100 valence electrons. The van der Waals surface area contributed by atoms with Crippen LogP contribution in [0.25, 0.3) is 0 Å². The van der Waals surface area contributed by atoms with Gasteiger partial charge in [0.25, 0.3) is 5.91 Å². The zero-order valence-electron chi connectivity index (χ0n) is 10.7. The number of furan rings is 1. The van der Waals surface area contributed by atoms with Gasteiger partial charge in [-0.15, -0.1) is 11.6 Å². The predicted molar refractivity (Wildman–Crippen MR) is 75.6 cm³/mol. The largest absolute Gasteiger partial charge is 0.456 e. The van der Waals surface area contributed by atoms with Crippen LogP contribution in [0.5, 0.6) is 0 Å². The third-order valence-corrected chi connectivity index (χ3v) is 3.18. The molecule has 0 aliphatic carbocycles. The van der Waals surface area contributed by atoms with Crippen LogP contribution in [-0.4, -0.2) is 17.8 Å². The Hall–Kier alpha value is -1.74. The quantitative estimate of drug-likeness (QED) is 0.853. The van der Waals surface area contributed by atoms with Crippen molar-refractivity contribution in [3.05, 3.63) is 59.5 Å². The summed E-state index contributed by atoms with van der Waals surface area (Å²) in [6.07, 6.45) is 0.704. The molecule has 1 unspecified atom stereocenters. The van der Waals surface area contributed by atoms with Crippen LogP contribution >= 0.6 is 11.6 Å². The summed E-state index contributed by atoms with van der Waals surface area (Å²) < 4.78 is 5.29. The molecule has 1 heterocycles. The average Bonchev–Trinajstić information content (AvgIpc) is 2.86. The first kappa shape index (κ1) is 13.7. The summed E-state index contributed by atoms with van der Waals surface area (Å²) in [4.78, 5) is 12.0. The van der Waals surface area contributed by atoms with E-state index in [9.17, 15) is 4.79 Å². The van der Waals surface area contributed by atoms with Crippen LogP contribution in [-0.2, 0) is 6.42 Å². The van der Waals surface area contributed by atoms with E-state index in [1.54, 1.807) is 19.1 Å². The summed E-state index contributed by atoms with van der Waals surface area (Å²) in [6.45, 7) is 1.81. The van der Waals surface area contributed by atoms with Crippen molar-refractivity contribution in [2.45, 2.75) is 19.4 Å². The van der Waals surface area contributed by atoms with Crippen molar-refractivity contribution in [2.75, 3.05) is 5.88 Å². The minimum Gasteiger partial charge on any atom is -0.456 e. The Kier molecular flexibility index (Phi) is 4.63. The first-order valence-corrected chi connectivity index (χ1v) is 6.69. The van der Waals surface area contributed by atoms with Gasteiger partial charge in [-0.25, -0.2) is 0 Å². The van der Waals surface area contributed by atoms with Gasteiger partial charge in [-0.1, -0.05) is 30.3 Å². The van der Waals surface area contributed by atoms with Crippen LogP contribution in [0.3, 0.4) is 0 Å². The number of hydrogen-bond acceptors (Lipinski definition) is 2. The standard InChI is InChI=1S/C15H16ClNO2/c1-11-7-8-14(19-11)15(18)17-13(10-16)9-12-5-3-2-4-6-12/h2-8,13H,9-10H2,1H3,(H,17,18). The van der Waals surface area contributed by atoms with Gasteiger partial charge in [0, 0.05) is 11.9 Å². The molecule has 0 spiro atoms. The number of aryl methyl sites for hydroxylation is 1. The second-order valence-corrected chi connectivity index (χ2v) is 4.73. The monoisotopic (exact) mass is 277 g/mol. The maximum atomic E-state index is 12.0. The number of nitrogens with one attached hydrogen (secondary N) is 1. The molecule has 19 heavy (non-hydrogen) atoms. The lowest BCUT2D eigenvalue weighted by Gasteiger charge is -2.15. The summed E-state index contributed by atoms with van der Waals surface area (Å²) >= 11 is 5.91. The number of amides is 1. The van der Waals surface area contributed by atoms with Gasteiger partial charge in [0.2, 0.25) is 0 Å². The van der Waals surface area contributed by atoms with Crippen LogP contribution in [0.2, 0.25) is 0 Å². The molecule has 1 amide bonds. The van der Waals surface area contributed by atoms with E-state index >= 15 is 0 Å². The number of carbonyl (C=O) groups excluding carboxylic acids is 1. The topological polar surface area (TPSA) is 42.2 Å². The molecule has 0 bridgehead atoms. The zero-order valence-corrected chi connectivity index (χ0v) is 11.5. The molecular formula is C15H16ClNO2. The Morgan fingerprint density at radius 3 is 2.58 bits per heavy atom. The molecule has 0 fully saturated rings. The molecule has 0 saturated carbocycles. The summed E-state index contributed by atoms with van der Waals surface area (Å²) in [6, 6.07) is 13.3. The maximum absolute atomic E-state index is 12.0. The Labute approximate surface area is 117 Å². The molecule has 1 aromatic heterocycles. The Balaban J connectivity index is 1.97. The predicted octanol–water partition coefficient (Wildman–Crippen LogP) is 3.17. The van der Waals surface area contributed by atoms with Gasteiger partial charge < -0.3 is 9.73 Å². The van der Waals surface area contributed by atoms with Crippen LogP contribution in [0.15, 0.2) is 46.9 Å². The van der Waals surface area contributed by atoms with Crippen molar-refractivity contribution >= 4 is 17.5 Å². The molecule has 0 aliphatic rings. The number of benzene rings is 1. The Morgan fingerprint density at radius 2 is 2.00 bits per heavy atom. The van der Waals surface area contributed by atoms with Crippen molar-refractivity contribution in [3.8, 4) is 0 Å². The van der Waals surface area contributed by atoms with Gasteiger partial charge in [-0.05, 0) is 31.0 Å². The minimum absolute atomic E-state index is 0.109. The first-order valence-electron chi connectivity index (χ1n) is 6.16. The number of carbonyl (C=O) groups is 1. The van der Waals surface area contributed by atoms with Crippen LogP contribution < -0.4 is 5.32 Å². The van der Waals surface area contributed by atoms with Crippen LogP contribution in [0, 0.1) is 6.92 Å². The smallest absolute Gasteiger partial charge is 0.287 e. The van der Waals surface area contributed by atoms with E-state index in [0.717, 1.165) is 11.3 Å². The molecule has 1 N–H and O–H groups in total.